The van der Waals surface area contributed by atoms with Crippen LogP contribution in [-0.4, -0.2) is 4.83 Å². The summed E-state index contributed by atoms with van der Waals surface area (Å²) in [7, 11) is 0. The average Bonchev–Trinajstić information content (AvgIpc) is 2.70. The van der Waals surface area contributed by atoms with Crippen molar-refractivity contribution >= 4 is 27.1 Å². The molecule has 158 valence electrons. The largest absolute Gasteiger partial charge is 0.0838 e. The summed E-state index contributed by atoms with van der Waals surface area (Å²) < 4.78 is 0. The molecule has 3 atom stereocenters. The Balaban J connectivity index is 1.58. The topological polar surface area (TPSA) is 0 Å². The van der Waals surface area contributed by atoms with Crippen LogP contribution in [0.5, 0.6) is 0 Å². The van der Waals surface area contributed by atoms with Crippen molar-refractivity contribution in [2.75, 3.05) is 0 Å². The number of benzene rings is 2. The summed E-state index contributed by atoms with van der Waals surface area (Å²) >= 11 is 4.03. The number of alkyl halides is 1. The molecule has 0 heterocycles. The first-order valence-electron chi connectivity index (χ1n) is 11.3. The predicted molar refractivity (Wildman–Crippen MR) is 135 cm³/mol. The van der Waals surface area contributed by atoms with Gasteiger partial charge in [0.15, 0.2) is 0 Å². The zero-order valence-electron chi connectivity index (χ0n) is 19.3. The number of hydrogen-bond acceptors (Lipinski definition) is 0. The van der Waals surface area contributed by atoms with Gasteiger partial charge in [0.1, 0.15) is 0 Å². The number of fused-ring (bicyclic) bond motifs is 2. The highest BCUT2D eigenvalue weighted by molar-refractivity contribution is 9.09. The molecule has 0 aliphatic heterocycles. The second-order valence-electron chi connectivity index (χ2n) is 11.2. The summed E-state index contributed by atoms with van der Waals surface area (Å²) in [6.45, 7) is 13.7. The van der Waals surface area contributed by atoms with E-state index in [1.165, 1.54) is 39.8 Å². The third-order valence-electron chi connectivity index (χ3n) is 6.89. The van der Waals surface area contributed by atoms with Gasteiger partial charge in [-0.2, -0.15) is 0 Å². The van der Waals surface area contributed by atoms with Crippen LogP contribution in [0.15, 0.2) is 60.7 Å². The third-order valence-corrected chi connectivity index (χ3v) is 7.79. The molecule has 4 rings (SSSR count). The first kappa shape index (κ1) is 21.6. The van der Waals surface area contributed by atoms with Crippen LogP contribution >= 0.6 is 15.9 Å². The minimum Gasteiger partial charge on any atom is -0.0838 e. The second kappa shape index (κ2) is 7.83. The van der Waals surface area contributed by atoms with Crippen LogP contribution in [0.25, 0.3) is 11.1 Å². The first-order chi connectivity index (χ1) is 14.0. The van der Waals surface area contributed by atoms with Gasteiger partial charge in [-0.3, -0.25) is 0 Å². The van der Waals surface area contributed by atoms with Gasteiger partial charge >= 0.3 is 0 Å². The molecule has 30 heavy (non-hydrogen) atoms. The lowest BCUT2D eigenvalue weighted by Gasteiger charge is -2.38. The van der Waals surface area contributed by atoms with Gasteiger partial charge in [0, 0.05) is 10.7 Å². The van der Waals surface area contributed by atoms with Crippen LogP contribution < -0.4 is 0 Å². The maximum absolute atomic E-state index is 4.03. The minimum absolute atomic E-state index is 0.202. The zero-order valence-corrected chi connectivity index (χ0v) is 20.9. The van der Waals surface area contributed by atoms with Crippen molar-refractivity contribution in [3.8, 4) is 0 Å². The van der Waals surface area contributed by atoms with Crippen molar-refractivity contribution < 1.29 is 0 Å². The summed E-state index contributed by atoms with van der Waals surface area (Å²) in [5.41, 5.74) is 9.03. The lowest BCUT2D eigenvalue weighted by molar-refractivity contribution is 0.478. The number of hydrogen-bond donors (Lipinski definition) is 0. The lowest BCUT2D eigenvalue weighted by atomic mass is 9.69. The molecular weight excluding hydrogens is 428 g/mol. The van der Waals surface area contributed by atoms with Crippen LogP contribution in [0.2, 0.25) is 0 Å². The quantitative estimate of drug-likeness (QED) is 0.392. The van der Waals surface area contributed by atoms with Gasteiger partial charge < -0.3 is 0 Å². The highest BCUT2D eigenvalue weighted by Crippen LogP contribution is 2.49. The van der Waals surface area contributed by atoms with Crippen LogP contribution in [0.3, 0.4) is 0 Å². The van der Waals surface area contributed by atoms with Gasteiger partial charge in [-0.1, -0.05) is 118 Å². The summed E-state index contributed by atoms with van der Waals surface area (Å²) in [6.07, 6.45) is 7.37. The molecule has 0 aromatic heterocycles. The summed E-state index contributed by atoms with van der Waals surface area (Å²) in [5, 5.41) is 0. The van der Waals surface area contributed by atoms with Gasteiger partial charge in [0.2, 0.25) is 0 Å². The Labute approximate surface area is 191 Å². The van der Waals surface area contributed by atoms with E-state index in [1.807, 2.05) is 0 Å². The monoisotopic (exact) mass is 462 g/mol. The van der Waals surface area contributed by atoms with E-state index in [9.17, 15) is 0 Å². The maximum Gasteiger partial charge on any atom is 0.0400 e. The van der Waals surface area contributed by atoms with Crippen molar-refractivity contribution in [2.24, 2.45) is 11.8 Å². The van der Waals surface area contributed by atoms with Crippen molar-refractivity contribution in [1.82, 2.24) is 0 Å². The molecule has 0 radical (unpaired) electrons. The number of rotatable bonds is 2. The van der Waals surface area contributed by atoms with Gasteiger partial charge in [-0.25, -0.2) is 0 Å². The molecule has 0 nitrogen and oxygen atoms in total. The molecule has 2 aromatic carbocycles. The van der Waals surface area contributed by atoms with Gasteiger partial charge in [-0.05, 0) is 63.0 Å². The summed E-state index contributed by atoms with van der Waals surface area (Å²) in [6, 6.07) is 18.6. The van der Waals surface area contributed by atoms with Gasteiger partial charge in [-0.15, -0.1) is 0 Å². The standard InChI is InChI=1S/C29H35Br/c1-28(2,3)22-12-7-19(8-13-22)24-16-11-21-17-26(24)27(30)18-25(21)20-9-14-23(15-10-20)29(4,5)6/h7-10,12-16,18,21,26-27H,11,17H2,1-6H3/t21-,26-,27+/m0/s1. The second-order valence-corrected chi connectivity index (χ2v) is 12.2. The van der Waals surface area contributed by atoms with Crippen LogP contribution in [0.1, 0.15) is 76.6 Å². The Kier molecular flexibility index (Phi) is 5.64. The van der Waals surface area contributed by atoms with E-state index in [0.717, 1.165) is 6.42 Å². The van der Waals surface area contributed by atoms with E-state index in [1.54, 1.807) is 0 Å². The highest BCUT2D eigenvalue weighted by Gasteiger charge is 2.35. The van der Waals surface area contributed by atoms with E-state index >= 15 is 0 Å². The molecular formula is C29H35Br. The molecule has 0 N–H and O–H groups in total. The Morgan fingerprint density at radius 2 is 1.17 bits per heavy atom. The fourth-order valence-electron chi connectivity index (χ4n) is 4.92. The van der Waals surface area contributed by atoms with E-state index in [0.29, 0.717) is 16.7 Å². The van der Waals surface area contributed by atoms with Gasteiger partial charge in [0.05, 0.1) is 0 Å². The molecule has 0 spiro atoms. The first-order valence-corrected chi connectivity index (χ1v) is 12.2. The molecule has 2 bridgehead atoms. The molecule has 0 saturated carbocycles. The molecule has 0 fully saturated rings. The van der Waals surface area contributed by atoms with Crippen molar-refractivity contribution in [1.29, 1.82) is 0 Å². The molecule has 0 amide bonds. The predicted octanol–water partition coefficient (Wildman–Crippen LogP) is 8.55. The maximum atomic E-state index is 4.03. The Morgan fingerprint density at radius 3 is 1.63 bits per heavy atom. The van der Waals surface area contributed by atoms with E-state index in [4.69, 9.17) is 0 Å². The molecule has 2 aliphatic rings. The molecule has 0 saturated heterocycles. The molecule has 0 unspecified atom stereocenters. The third kappa shape index (κ3) is 4.24. The summed E-state index contributed by atoms with van der Waals surface area (Å²) in [5.74, 6) is 1.18. The zero-order chi connectivity index (χ0) is 21.7. The lowest BCUT2D eigenvalue weighted by Crippen LogP contribution is -2.28. The van der Waals surface area contributed by atoms with Crippen molar-refractivity contribution in [3.05, 3.63) is 82.9 Å². The highest BCUT2D eigenvalue weighted by atomic mass is 79.9. The van der Waals surface area contributed by atoms with Crippen molar-refractivity contribution in [3.63, 3.8) is 0 Å². The van der Waals surface area contributed by atoms with Crippen LogP contribution in [0, 0.1) is 11.8 Å². The Morgan fingerprint density at radius 1 is 0.700 bits per heavy atom. The van der Waals surface area contributed by atoms with Crippen LogP contribution in [-0.2, 0) is 10.8 Å². The van der Waals surface area contributed by atoms with E-state index < -0.39 is 0 Å². The SMILES string of the molecule is CC(C)(C)c1ccc(C2=C[C@@H](Br)[C@H]3C[C@@H]2CC=C3c2ccc(C(C)(C)C)cc2)cc1. The number of allylic oxidation sites excluding steroid dienone is 4. The van der Waals surface area contributed by atoms with E-state index in [2.05, 4.69) is 118 Å². The minimum atomic E-state index is 0.202. The van der Waals surface area contributed by atoms with Gasteiger partial charge in [0.25, 0.3) is 0 Å². The molecule has 1 heteroatoms. The summed E-state index contributed by atoms with van der Waals surface area (Å²) in [4.78, 5) is 0.389. The number of halogens is 1. The van der Waals surface area contributed by atoms with E-state index in [-0.39, 0.29) is 10.8 Å². The fraction of sp³-hybridized carbons (Fsp3) is 0.448. The van der Waals surface area contributed by atoms with Crippen LogP contribution in [0.4, 0.5) is 0 Å². The average molecular weight is 464 g/mol. The molecule has 2 aliphatic carbocycles. The Hall–Kier alpha value is -1.60. The smallest absolute Gasteiger partial charge is 0.0400 e. The molecule has 2 aromatic rings. The Bertz CT molecular complexity index is 959. The fourth-order valence-corrected chi connectivity index (χ4v) is 5.70. The normalized spacial score (nSPS) is 24.3. The van der Waals surface area contributed by atoms with Crippen molar-refractivity contribution in [2.45, 2.75) is 70.0 Å².